The lowest BCUT2D eigenvalue weighted by Gasteiger charge is -2.03. The van der Waals surface area contributed by atoms with Crippen LogP contribution in [0.1, 0.15) is 30.1 Å². The monoisotopic (exact) mass is 198 g/mol. The van der Waals surface area contributed by atoms with Crippen LogP contribution in [-0.2, 0) is 0 Å². The van der Waals surface area contributed by atoms with Crippen molar-refractivity contribution in [2.24, 2.45) is 5.73 Å². The van der Waals surface area contributed by atoms with Crippen LogP contribution in [0.3, 0.4) is 0 Å². The largest absolute Gasteiger partial charge is 0.480 e. The molecule has 0 amide bonds. The fourth-order valence-electron chi connectivity index (χ4n) is 1.84. The van der Waals surface area contributed by atoms with Gasteiger partial charge in [-0.25, -0.2) is 0 Å². The van der Waals surface area contributed by atoms with Gasteiger partial charge in [-0.3, -0.25) is 0 Å². The van der Waals surface area contributed by atoms with Gasteiger partial charge in [-0.2, -0.15) is 4.37 Å². The fourth-order valence-corrected chi connectivity index (χ4v) is 2.67. The van der Waals surface area contributed by atoms with Gasteiger partial charge in [-0.1, -0.05) is 0 Å². The molecule has 1 saturated carbocycles. The van der Waals surface area contributed by atoms with Crippen molar-refractivity contribution < 1.29 is 4.74 Å². The minimum Gasteiger partial charge on any atom is -0.480 e. The normalized spacial score (nSPS) is 27.8. The first-order valence-electron chi connectivity index (χ1n) is 4.56. The SMILES string of the molecule is COc1cc(C2CCC(N)C2)sn1. The molecule has 1 aliphatic carbocycles. The summed E-state index contributed by atoms with van der Waals surface area (Å²) in [6, 6.07) is 2.42. The first-order chi connectivity index (χ1) is 6.29. The average Bonchev–Trinajstić information content (AvgIpc) is 2.71. The third-order valence-electron chi connectivity index (χ3n) is 2.59. The van der Waals surface area contributed by atoms with E-state index in [9.17, 15) is 0 Å². The molecule has 0 saturated heterocycles. The highest BCUT2D eigenvalue weighted by molar-refractivity contribution is 7.06. The summed E-state index contributed by atoms with van der Waals surface area (Å²) in [5.74, 6) is 1.36. The second-order valence-corrected chi connectivity index (χ2v) is 4.38. The second-order valence-electron chi connectivity index (χ2n) is 3.54. The van der Waals surface area contributed by atoms with E-state index >= 15 is 0 Å². The number of rotatable bonds is 2. The molecule has 0 bridgehead atoms. The predicted molar refractivity (Wildman–Crippen MR) is 53.2 cm³/mol. The molecule has 72 valence electrons. The van der Waals surface area contributed by atoms with E-state index in [2.05, 4.69) is 4.37 Å². The Balaban J connectivity index is 2.08. The van der Waals surface area contributed by atoms with E-state index in [0.29, 0.717) is 12.0 Å². The number of methoxy groups -OCH3 is 1. The Bertz CT molecular complexity index is 287. The summed E-state index contributed by atoms with van der Waals surface area (Å²) in [4.78, 5) is 1.32. The molecule has 2 N–H and O–H groups in total. The number of hydrogen-bond acceptors (Lipinski definition) is 4. The Hall–Kier alpha value is -0.610. The van der Waals surface area contributed by atoms with Crippen molar-refractivity contribution in [3.05, 3.63) is 10.9 Å². The summed E-state index contributed by atoms with van der Waals surface area (Å²) in [7, 11) is 1.65. The van der Waals surface area contributed by atoms with Crippen molar-refractivity contribution in [2.75, 3.05) is 7.11 Å². The molecule has 13 heavy (non-hydrogen) atoms. The van der Waals surface area contributed by atoms with Crippen LogP contribution in [0.15, 0.2) is 6.07 Å². The molecule has 0 aromatic carbocycles. The third kappa shape index (κ3) is 1.84. The van der Waals surface area contributed by atoms with E-state index in [0.717, 1.165) is 18.7 Å². The van der Waals surface area contributed by atoms with E-state index in [1.54, 1.807) is 18.6 Å². The van der Waals surface area contributed by atoms with Crippen LogP contribution in [0.4, 0.5) is 0 Å². The van der Waals surface area contributed by atoms with Crippen molar-refractivity contribution in [1.29, 1.82) is 0 Å². The standard InChI is InChI=1S/C9H14N2OS/c1-12-9-5-8(13-11-9)6-2-3-7(10)4-6/h5-7H,2-4,10H2,1H3. The topological polar surface area (TPSA) is 48.1 Å². The van der Waals surface area contributed by atoms with E-state index in [1.165, 1.54) is 11.3 Å². The van der Waals surface area contributed by atoms with Gasteiger partial charge < -0.3 is 10.5 Å². The number of hydrogen-bond donors (Lipinski definition) is 1. The van der Waals surface area contributed by atoms with Crippen LogP contribution >= 0.6 is 11.5 Å². The molecule has 0 aliphatic heterocycles. The minimum atomic E-state index is 0.387. The summed E-state index contributed by atoms with van der Waals surface area (Å²) in [5.41, 5.74) is 5.85. The first-order valence-corrected chi connectivity index (χ1v) is 5.33. The lowest BCUT2D eigenvalue weighted by Crippen LogP contribution is -2.14. The van der Waals surface area contributed by atoms with Crippen molar-refractivity contribution in [2.45, 2.75) is 31.2 Å². The molecule has 2 atom stereocenters. The smallest absolute Gasteiger partial charge is 0.225 e. The van der Waals surface area contributed by atoms with Crippen molar-refractivity contribution >= 4 is 11.5 Å². The van der Waals surface area contributed by atoms with E-state index < -0.39 is 0 Å². The molecular weight excluding hydrogens is 184 g/mol. The van der Waals surface area contributed by atoms with Gasteiger partial charge >= 0.3 is 0 Å². The van der Waals surface area contributed by atoms with Gasteiger partial charge in [-0.15, -0.1) is 0 Å². The van der Waals surface area contributed by atoms with Crippen LogP contribution < -0.4 is 10.5 Å². The van der Waals surface area contributed by atoms with E-state index in [1.807, 2.05) is 6.07 Å². The molecule has 1 aromatic rings. The molecule has 1 aliphatic rings. The van der Waals surface area contributed by atoms with Crippen LogP contribution in [0.2, 0.25) is 0 Å². The number of aromatic nitrogens is 1. The van der Waals surface area contributed by atoms with Gasteiger partial charge in [0.15, 0.2) is 0 Å². The Morgan fingerprint density at radius 1 is 1.62 bits per heavy atom. The quantitative estimate of drug-likeness (QED) is 0.787. The van der Waals surface area contributed by atoms with Crippen molar-refractivity contribution in [3.63, 3.8) is 0 Å². The molecule has 2 unspecified atom stereocenters. The highest BCUT2D eigenvalue weighted by Crippen LogP contribution is 2.36. The zero-order chi connectivity index (χ0) is 9.26. The van der Waals surface area contributed by atoms with Crippen LogP contribution in [0.25, 0.3) is 0 Å². The first kappa shape index (κ1) is 8.97. The predicted octanol–water partition coefficient (Wildman–Crippen LogP) is 1.75. The van der Waals surface area contributed by atoms with Crippen molar-refractivity contribution in [3.8, 4) is 5.88 Å². The summed E-state index contributed by atoms with van der Waals surface area (Å²) in [6.07, 6.45) is 3.45. The van der Waals surface area contributed by atoms with Crippen LogP contribution in [-0.4, -0.2) is 17.5 Å². The average molecular weight is 198 g/mol. The Morgan fingerprint density at radius 2 is 2.46 bits per heavy atom. The molecule has 3 nitrogen and oxygen atoms in total. The van der Waals surface area contributed by atoms with Gasteiger partial charge in [0.1, 0.15) is 0 Å². The molecule has 4 heteroatoms. The molecule has 0 radical (unpaired) electrons. The molecule has 1 fully saturated rings. The molecular formula is C9H14N2OS. The number of nitrogens with zero attached hydrogens (tertiary/aromatic N) is 1. The number of ether oxygens (including phenoxy) is 1. The second kappa shape index (κ2) is 3.64. The van der Waals surface area contributed by atoms with E-state index in [-0.39, 0.29) is 0 Å². The lowest BCUT2D eigenvalue weighted by molar-refractivity contribution is 0.402. The Labute approximate surface area is 82.1 Å². The highest BCUT2D eigenvalue weighted by Gasteiger charge is 2.24. The van der Waals surface area contributed by atoms with Gasteiger partial charge in [0.25, 0.3) is 0 Å². The zero-order valence-corrected chi connectivity index (χ0v) is 8.51. The highest BCUT2D eigenvalue weighted by atomic mass is 32.1. The van der Waals surface area contributed by atoms with Gasteiger partial charge in [0.05, 0.1) is 7.11 Å². The maximum Gasteiger partial charge on any atom is 0.225 e. The Morgan fingerprint density at radius 3 is 3.00 bits per heavy atom. The maximum atomic E-state index is 5.85. The van der Waals surface area contributed by atoms with E-state index in [4.69, 9.17) is 10.5 Å². The van der Waals surface area contributed by atoms with Gasteiger partial charge in [0, 0.05) is 17.0 Å². The lowest BCUT2D eigenvalue weighted by atomic mass is 10.1. The summed E-state index contributed by atoms with van der Waals surface area (Å²) < 4.78 is 9.23. The summed E-state index contributed by atoms with van der Waals surface area (Å²) in [6.45, 7) is 0. The Kier molecular flexibility index (Phi) is 2.51. The number of nitrogens with two attached hydrogens (primary N) is 1. The fraction of sp³-hybridized carbons (Fsp3) is 0.667. The molecule has 2 rings (SSSR count). The summed E-state index contributed by atoms with van der Waals surface area (Å²) in [5, 5.41) is 0. The molecule has 0 spiro atoms. The van der Waals surface area contributed by atoms with Gasteiger partial charge in [-0.05, 0) is 36.7 Å². The third-order valence-corrected chi connectivity index (χ3v) is 3.52. The van der Waals surface area contributed by atoms with Gasteiger partial charge in [0.2, 0.25) is 5.88 Å². The summed E-state index contributed by atoms with van der Waals surface area (Å²) >= 11 is 1.54. The zero-order valence-electron chi connectivity index (χ0n) is 7.69. The molecule has 1 heterocycles. The van der Waals surface area contributed by atoms with Crippen LogP contribution in [0, 0.1) is 0 Å². The molecule has 1 aromatic heterocycles. The minimum absolute atomic E-state index is 0.387. The van der Waals surface area contributed by atoms with Crippen molar-refractivity contribution in [1.82, 2.24) is 4.37 Å². The maximum absolute atomic E-state index is 5.85. The van der Waals surface area contributed by atoms with Crippen LogP contribution in [0.5, 0.6) is 5.88 Å².